The molecule has 5 nitrogen and oxygen atoms in total. The Bertz CT molecular complexity index is 603. The number of hydrogen-bond acceptors (Lipinski definition) is 5. The Morgan fingerprint density at radius 1 is 1.48 bits per heavy atom. The molecule has 0 aromatic carbocycles. The third-order valence-electron chi connectivity index (χ3n) is 2.86. The smallest absolute Gasteiger partial charge is 0.257 e. The number of pyridine rings is 1. The van der Waals surface area contributed by atoms with Crippen LogP contribution < -0.4 is 5.32 Å². The maximum atomic E-state index is 12.6. The summed E-state index contributed by atoms with van der Waals surface area (Å²) in [5.74, 6) is 0.547. The third kappa shape index (κ3) is 4.25. The molecular weight excluding hydrogens is 352 g/mol. The quantitative estimate of drug-likeness (QED) is 0.848. The van der Waals surface area contributed by atoms with Crippen molar-refractivity contribution in [2.75, 3.05) is 18.9 Å². The average Bonchev–Trinajstić information content (AvgIpc) is 2.98. The van der Waals surface area contributed by atoms with Crippen LogP contribution in [0.4, 0.5) is 5.82 Å². The highest BCUT2D eigenvalue weighted by Crippen LogP contribution is 2.20. The molecule has 0 atom stereocenters. The number of halogens is 1. The lowest BCUT2D eigenvalue weighted by Gasteiger charge is -2.18. The highest BCUT2D eigenvalue weighted by molar-refractivity contribution is 9.10. The zero-order chi connectivity index (χ0) is 15.2. The molecule has 2 aromatic rings. The van der Waals surface area contributed by atoms with Crippen molar-refractivity contribution in [2.24, 2.45) is 0 Å². The first-order chi connectivity index (χ1) is 10.1. The molecule has 2 aromatic heterocycles. The van der Waals surface area contributed by atoms with Gasteiger partial charge in [0.25, 0.3) is 5.91 Å². The minimum absolute atomic E-state index is 0.0737. The normalized spacial score (nSPS) is 10.4. The van der Waals surface area contributed by atoms with Gasteiger partial charge in [0.15, 0.2) is 0 Å². The second-order valence-electron chi connectivity index (χ2n) is 4.62. The second-order valence-corrected chi connectivity index (χ2v) is 6.25. The molecule has 21 heavy (non-hydrogen) atoms. The number of nitrogens with one attached hydrogen (secondary N) is 1. The molecule has 0 aliphatic heterocycles. The maximum Gasteiger partial charge on any atom is 0.257 e. The maximum absolute atomic E-state index is 12.6. The van der Waals surface area contributed by atoms with Crippen molar-refractivity contribution >= 4 is 39.0 Å². The van der Waals surface area contributed by atoms with Gasteiger partial charge in [-0.1, -0.05) is 6.92 Å². The molecule has 1 N–H and O–H groups in total. The van der Waals surface area contributed by atoms with Gasteiger partial charge in [-0.3, -0.25) is 4.79 Å². The number of aromatic nitrogens is 2. The van der Waals surface area contributed by atoms with E-state index >= 15 is 0 Å². The van der Waals surface area contributed by atoms with Crippen LogP contribution in [0.3, 0.4) is 0 Å². The van der Waals surface area contributed by atoms with E-state index in [4.69, 9.17) is 0 Å². The summed E-state index contributed by atoms with van der Waals surface area (Å²) < 4.78 is 0.787. The van der Waals surface area contributed by atoms with Gasteiger partial charge >= 0.3 is 0 Å². The summed E-state index contributed by atoms with van der Waals surface area (Å²) in [7, 11) is 1.77. The fourth-order valence-corrected chi connectivity index (χ4v) is 2.70. The molecule has 0 spiro atoms. The van der Waals surface area contributed by atoms with E-state index in [1.165, 1.54) is 11.3 Å². The van der Waals surface area contributed by atoms with E-state index in [0.717, 1.165) is 23.1 Å². The number of thiazole rings is 1. The van der Waals surface area contributed by atoms with Crippen LogP contribution in [0, 0.1) is 0 Å². The highest BCUT2D eigenvalue weighted by atomic mass is 79.9. The van der Waals surface area contributed by atoms with Gasteiger partial charge in [-0.25, -0.2) is 9.97 Å². The van der Waals surface area contributed by atoms with Crippen molar-refractivity contribution in [3.05, 3.63) is 38.9 Å². The number of carbonyl (C=O) groups is 1. The van der Waals surface area contributed by atoms with Crippen molar-refractivity contribution in [3.8, 4) is 0 Å². The number of rotatable bonds is 6. The van der Waals surface area contributed by atoms with Crippen molar-refractivity contribution in [3.63, 3.8) is 0 Å². The van der Waals surface area contributed by atoms with Crippen LogP contribution in [-0.4, -0.2) is 34.4 Å². The van der Waals surface area contributed by atoms with Crippen molar-refractivity contribution in [1.29, 1.82) is 0 Å². The molecule has 0 aliphatic rings. The van der Waals surface area contributed by atoms with Gasteiger partial charge in [0, 0.05) is 29.6 Å². The summed E-state index contributed by atoms with van der Waals surface area (Å²) in [5, 5.41) is 5.14. The predicted molar refractivity (Wildman–Crippen MR) is 88.6 cm³/mol. The Hall–Kier alpha value is -1.47. The zero-order valence-electron chi connectivity index (χ0n) is 12.0. The molecule has 0 fully saturated rings. The predicted octanol–water partition coefficient (Wildman–Crippen LogP) is 3.39. The van der Waals surface area contributed by atoms with E-state index in [1.54, 1.807) is 29.7 Å². The number of anilines is 1. The molecule has 0 radical (unpaired) electrons. The lowest BCUT2D eigenvalue weighted by molar-refractivity contribution is 0.0784. The van der Waals surface area contributed by atoms with Gasteiger partial charge in [0.1, 0.15) is 5.82 Å². The van der Waals surface area contributed by atoms with Crippen molar-refractivity contribution in [2.45, 2.75) is 19.9 Å². The third-order valence-corrected chi connectivity index (χ3v) is 3.93. The molecule has 0 saturated carbocycles. The van der Waals surface area contributed by atoms with E-state index in [1.807, 2.05) is 5.38 Å². The molecule has 1 amide bonds. The lowest BCUT2D eigenvalue weighted by atomic mass is 10.2. The fraction of sp³-hybridized carbons (Fsp3) is 0.357. The standard InChI is InChI=1S/C14H17BrN4OS/c1-3-4-16-13-12(5-10(15)6-17-13)14(20)19(2)7-11-8-21-9-18-11/h5-6,8-9H,3-4,7H2,1-2H3,(H,16,17). The van der Waals surface area contributed by atoms with Crippen LogP contribution >= 0.6 is 27.3 Å². The summed E-state index contributed by atoms with van der Waals surface area (Å²) in [6.07, 6.45) is 2.66. The van der Waals surface area contributed by atoms with Gasteiger partial charge in [-0.15, -0.1) is 11.3 Å². The van der Waals surface area contributed by atoms with Crippen LogP contribution in [0.2, 0.25) is 0 Å². The van der Waals surface area contributed by atoms with Gasteiger partial charge in [0.05, 0.1) is 23.3 Å². The topological polar surface area (TPSA) is 58.1 Å². The van der Waals surface area contributed by atoms with Crippen LogP contribution in [0.15, 0.2) is 27.6 Å². The Labute approximate surface area is 136 Å². The lowest BCUT2D eigenvalue weighted by Crippen LogP contribution is -2.27. The number of amides is 1. The molecule has 7 heteroatoms. The van der Waals surface area contributed by atoms with Crippen LogP contribution in [-0.2, 0) is 6.54 Å². The summed E-state index contributed by atoms with van der Waals surface area (Å²) in [6.45, 7) is 3.34. The minimum Gasteiger partial charge on any atom is -0.369 e. The fourth-order valence-electron chi connectivity index (χ4n) is 1.82. The van der Waals surface area contributed by atoms with Gasteiger partial charge in [-0.2, -0.15) is 0 Å². The van der Waals surface area contributed by atoms with Gasteiger partial charge in [-0.05, 0) is 28.4 Å². The van der Waals surface area contributed by atoms with Crippen LogP contribution in [0.25, 0.3) is 0 Å². The molecule has 0 bridgehead atoms. The Balaban J connectivity index is 2.18. The van der Waals surface area contributed by atoms with E-state index in [0.29, 0.717) is 17.9 Å². The Kier molecular flexibility index (Phi) is 5.69. The largest absolute Gasteiger partial charge is 0.369 e. The van der Waals surface area contributed by atoms with E-state index < -0.39 is 0 Å². The SMILES string of the molecule is CCCNc1ncc(Br)cc1C(=O)N(C)Cc1cscn1. The first-order valence-electron chi connectivity index (χ1n) is 6.63. The summed E-state index contributed by atoms with van der Waals surface area (Å²) in [6, 6.07) is 1.80. The molecular formula is C14H17BrN4OS. The molecule has 0 aliphatic carbocycles. The van der Waals surface area contributed by atoms with E-state index in [9.17, 15) is 4.79 Å². The molecule has 2 rings (SSSR count). The van der Waals surface area contributed by atoms with Gasteiger partial charge < -0.3 is 10.2 Å². The summed E-state index contributed by atoms with van der Waals surface area (Å²) >= 11 is 4.90. The summed E-state index contributed by atoms with van der Waals surface area (Å²) in [4.78, 5) is 22.8. The van der Waals surface area contributed by atoms with E-state index in [2.05, 4.69) is 38.1 Å². The molecule has 0 unspecified atom stereocenters. The van der Waals surface area contributed by atoms with Crippen LogP contribution in [0.5, 0.6) is 0 Å². The number of carbonyl (C=O) groups excluding carboxylic acids is 1. The summed E-state index contributed by atoms with van der Waals surface area (Å²) in [5.41, 5.74) is 3.22. The first kappa shape index (κ1) is 15.9. The molecule has 2 heterocycles. The molecule has 112 valence electrons. The molecule has 0 saturated heterocycles. The second kappa shape index (κ2) is 7.51. The highest BCUT2D eigenvalue weighted by Gasteiger charge is 2.18. The number of nitrogens with zero attached hydrogens (tertiary/aromatic N) is 3. The average molecular weight is 369 g/mol. The van der Waals surface area contributed by atoms with Crippen molar-refractivity contribution < 1.29 is 4.79 Å². The Morgan fingerprint density at radius 2 is 2.29 bits per heavy atom. The van der Waals surface area contributed by atoms with E-state index in [-0.39, 0.29) is 5.91 Å². The monoisotopic (exact) mass is 368 g/mol. The van der Waals surface area contributed by atoms with Crippen LogP contribution in [0.1, 0.15) is 29.4 Å². The number of hydrogen-bond donors (Lipinski definition) is 1. The van der Waals surface area contributed by atoms with Crippen molar-refractivity contribution in [1.82, 2.24) is 14.9 Å². The zero-order valence-corrected chi connectivity index (χ0v) is 14.4. The first-order valence-corrected chi connectivity index (χ1v) is 8.37. The minimum atomic E-state index is -0.0737. The van der Waals surface area contributed by atoms with Gasteiger partial charge in [0.2, 0.25) is 0 Å². The Morgan fingerprint density at radius 3 is 2.95 bits per heavy atom.